The van der Waals surface area contributed by atoms with E-state index in [-0.39, 0.29) is 0 Å². The molecule has 0 amide bonds. The van der Waals surface area contributed by atoms with Crippen LogP contribution in [0.2, 0.25) is 0 Å². The van der Waals surface area contributed by atoms with Crippen LogP contribution < -0.4 is 0 Å². The van der Waals surface area contributed by atoms with Gasteiger partial charge < -0.3 is 0 Å². The fourth-order valence-electron chi connectivity index (χ4n) is 1.31. The molecule has 0 aliphatic heterocycles. The molecule has 5 nitrogen and oxygen atoms in total. The Balaban J connectivity index is 1.80. The molecule has 98 valence electrons. The summed E-state index contributed by atoms with van der Waals surface area (Å²) in [6, 6.07) is 4.09. The third kappa shape index (κ3) is 3.24. The SMILES string of the molecule is Brc1nc(Sc2nnnn2Cc2cccs2)sc1Br. The number of thiophene rings is 1. The molecular formula is C9H5Br2N5S3. The van der Waals surface area contributed by atoms with Gasteiger partial charge in [-0.25, -0.2) is 9.67 Å². The molecule has 10 heteroatoms. The van der Waals surface area contributed by atoms with Crippen LogP contribution in [-0.4, -0.2) is 25.2 Å². The van der Waals surface area contributed by atoms with Crippen molar-refractivity contribution in [2.45, 2.75) is 16.0 Å². The molecule has 0 fully saturated rings. The molecule has 0 spiro atoms. The highest BCUT2D eigenvalue weighted by Gasteiger charge is 2.13. The van der Waals surface area contributed by atoms with Crippen molar-refractivity contribution in [2.24, 2.45) is 0 Å². The highest BCUT2D eigenvalue weighted by Crippen LogP contribution is 2.36. The van der Waals surface area contributed by atoms with Gasteiger partial charge in [0, 0.05) is 4.88 Å². The Labute approximate surface area is 137 Å². The Morgan fingerprint density at radius 1 is 1.37 bits per heavy atom. The first-order valence-electron chi connectivity index (χ1n) is 5.00. The molecule has 0 aliphatic carbocycles. The molecule has 0 saturated carbocycles. The van der Waals surface area contributed by atoms with Crippen molar-refractivity contribution in [3.05, 3.63) is 30.8 Å². The second-order valence-corrected chi connectivity index (χ2v) is 8.66. The van der Waals surface area contributed by atoms with Crippen molar-refractivity contribution >= 4 is 66.3 Å². The smallest absolute Gasteiger partial charge is 0.216 e. The Hall–Kier alpha value is -0.290. The number of hydrogen-bond acceptors (Lipinski definition) is 7. The van der Waals surface area contributed by atoms with Crippen molar-refractivity contribution in [1.82, 2.24) is 25.2 Å². The molecule has 0 radical (unpaired) electrons. The third-order valence-electron chi connectivity index (χ3n) is 2.09. The lowest BCUT2D eigenvalue weighted by atomic mass is 10.5. The zero-order valence-electron chi connectivity index (χ0n) is 9.16. The molecule has 0 aliphatic rings. The average molecular weight is 439 g/mol. The highest BCUT2D eigenvalue weighted by atomic mass is 79.9. The second-order valence-electron chi connectivity index (χ2n) is 3.34. The zero-order valence-corrected chi connectivity index (χ0v) is 14.8. The van der Waals surface area contributed by atoms with Crippen LogP contribution in [0, 0.1) is 0 Å². The van der Waals surface area contributed by atoms with Crippen molar-refractivity contribution < 1.29 is 0 Å². The molecule has 19 heavy (non-hydrogen) atoms. The van der Waals surface area contributed by atoms with E-state index >= 15 is 0 Å². The topological polar surface area (TPSA) is 56.5 Å². The Morgan fingerprint density at radius 2 is 2.26 bits per heavy atom. The molecule has 0 bridgehead atoms. The monoisotopic (exact) mass is 437 g/mol. The van der Waals surface area contributed by atoms with Gasteiger partial charge in [-0.2, -0.15) is 0 Å². The number of rotatable bonds is 4. The normalized spacial score (nSPS) is 11.1. The lowest BCUT2D eigenvalue weighted by Crippen LogP contribution is -2.02. The molecule has 0 atom stereocenters. The maximum atomic E-state index is 4.37. The lowest BCUT2D eigenvalue weighted by Gasteiger charge is -2.00. The Kier molecular flexibility index (Phi) is 4.32. The van der Waals surface area contributed by atoms with Crippen LogP contribution in [0.4, 0.5) is 0 Å². The second kappa shape index (κ2) is 6.00. The molecule has 0 N–H and O–H groups in total. The summed E-state index contributed by atoms with van der Waals surface area (Å²) < 4.78 is 4.44. The molecule has 3 rings (SSSR count). The van der Waals surface area contributed by atoms with Crippen LogP contribution in [0.5, 0.6) is 0 Å². The van der Waals surface area contributed by atoms with Gasteiger partial charge in [0.15, 0.2) is 4.34 Å². The largest absolute Gasteiger partial charge is 0.221 e. The minimum atomic E-state index is 0.681. The van der Waals surface area contributed by atoms with Crippen LogP contribution >= 0.6 is 66.3 Å². The fraction of sp³-hybridized carbons (Fsp3) is 0.111. The van der Waals surface area contributed by atoms with E-state index < -0.39 is 0 Å². The van der Waals surface area contributed by atoms with Gasteiger partial charge in [0.2, 0.25) is 5.16 Å². The number of aromatic nitrogens is 5. The molecule has 3 aromatic heterocycles. The van der Waals surface area contributed by atoms with Gasteiger partial charge in [-0.3, -0.25) is 0 Å². The molecule has 3 heterocycles. The molecule has 0 aromatic carbocycles. The van der Waals surface area contributed by atoms with Crippen LogP contribution in [0.3, 0.4) is 0 Å². The summed E-state index contributed by atoms with van der Waals surface area (Å²) in [7, 11) is 0. The van der Waals surface area contributed by atoms with Crippen molar-refractivity contribution in [3.63, 3.8) is 0 Å². The highest BCUT2D eigenvalue weighted by molar-refractivity contribution is 9.13. The summed E-state index contributed by atoms with van der Waals surface area (Å²) >= 11 is 11.5. The maximum absolute atomic E-state index is 4.37. The summed E-state index contributed by atoms with van der Waals surface area (Å²) in [6.45, 7) is 0.681. The standard InChI is InChI=1S/C9H5Br2N5S3/c10-6-7(11)18-9(12-6)19-8-13-14-15-16(8)4-5-2-1-3-17-5/h1-3H,4H2. The summed E-state index contributed by atoms with van der Waals surface area (Å²) in [6.07, 6.45) is 0. The summed E-state index contributed by atoms with van der Waals surface area (Å²) in [5.41, 5.74) is 0. The Morgan fingerprint density at radius 3 is 2.95 bits per heavy atom. The van der Waals surface area contributed by atoms with Crippen molar-refractivity contribution in [1.29, 1.82) is 0 Å². The van der Waals surface area contributed by atoms with Crippen LogP contribution in [0.25, 0.3) is 0 Å². The predicted octanol–water partition coefficient (Wildman–Crippen LogP) is 3.92. The number of thiazole rings is 1. The first-order chi connectivity index (χ1) is 9.22. The van der Waals surface area contributed by atoms with Crippen LogP contribution in [0.15, 0.2) is 35.4 Å². The minimum absolute atomic E-state index is 0.681. The van der Waals surface area contributed by atoms with Crippen LogP contribution in [-0.2, 0) is 6.54 Å². The van der Waals surface area contributed by atoms with E-state index in [0.29, 0.717) is 6.54 Å². The molecular weight excluding hydrogens is 434 g/mol. The average Bonchev–Trinajstić information content (AvgIpc) is 3.07. The first kappa shape index (κ1) is 13.7. The summed E-state index contributed by atoms with van der Waals surface area (Å²) in [4.78, 5) is 5.59. The van der Waals surface area contributed by atoms with Gasteiger partial charge in [-0.15, -0.1) is 16.4 Å². The number of hydrogen-bond donors (Lipinski definition) is 0. The molecule has 0 saturated heterocycles. The zero-order chi connectivity index (χ0) is 13.2. The van der Waals surface area contributed by atoms with Gasteiger partial charge >= 0.3 is 0 Å². The van der Waals surface area contributed by atoms with E-state index in [9.17, 15) is 0 Å². The van der Waals surface area contributed by atoms with Gasteiger partial charge in [0.05, 0.1) is 6.54 Å². The number of tetrazole rings is 1. The van der Waals surface area contributed by atoms with E-state index in [0.717, 1.165) is 17.9 Å². The third-order valence-corrected chi connectivity index (χ3v) is 7.06. The lowest BCUT2D eigenvalue weighted by molar-refractivity contribution is 0.608. The van der Waals surface area contributed by atoms with E-state index in [2.05, 4.69) is 58.4 Å². The first-order valence-corrected chi connectivity index (χ1v) is 9.10. The maximum Gasteiger partial charge on any atom is 0.216 e. The predicted molar refractivity (Wildman–Crippen MR) is 82.9 cm³/mol. The summed E-state index contributed by atoms with van der Waals surface area (Å²) in [5, 5.41) is 14.6. The van der Waals surface area contributed by atoms with Crippen molar-refractivity contribution in [2.75, 3.05) is 0 Å². The summed E-state index contributed by atoms with van der Waals surface area (Å²) in [5.74, 6) is 0. The van der Waals surface area contributed by atoms with E-state index in [1.54, 1.807) is 27.4 Å². The number of halogens is 2. The van der Waals surface area contributed by atoms with Crippen LogP contribution in [0.1, 0.15) is 4.88 Å². The quantitative estimate of drug-likeness (QED) is 0.617. The Bertz CT molecular complexity index is 658. The van der Waals surface area contributed by atoms with E-state index in [1.807, 2.05) is 11.4 Å². The van der Waals surface area contributed by atoms with E-state index in [4.69, 9.17) is 0 Å². The van der Waals surface area contributed by atoms with Crippen molar-refractivity contribution in [3.8, 4) is 0 Å². The van der Waals surface area contributed by atoms with Gasteiger partial charge in [-0.1, -0.05) is 17.4 Å². The molecule has 0 unspecified atom stereocenters. The van der Waals surface area contributed by atoms with Gasteiger partial charge in [0.25, 0.3) is 0 Å². The number of nitrogens with zero attached hydrogens (tertiary/aromatic N) is 5. The fourth-order valence-corrected chi connectivity index (χ4v) is 5.15. The van der Waals surface area contributed by atoms with Gasteiger partial charge in [-0.05, 0) is 65.5 Å². The minimum Gasteiger partial charge on any atom is -0.221 e. The van der Waals surface area contributed by atoms with E-state index in [1.165, 1.54) is 16.6 Å². The molecule has 3 aromatic rings. The van der Waals surface area contributed by atoms with Gasteiger partial charge in [0.1, 0.15) is 8.39 Å².